The molecule has 0 saturated heterocycles. The lowest BCUT2D eigenvalue weighted by Gasteiger charge is -2.22. The van der Waals surface area contributed by atoms with Crippen LogP contribution in [-0.4, -0.2) is 12.5 Å². The second-order valence-electron chi connectivity index (χ2n) is 4.17. The molecule has 0 radical (unpaired) electrons. The first-order valence-corrected chi connectivity index (χ1v) is 5.28. The van der Waals surface area contributed by atoms with Crippen molar-refractivity contribution in [3.63, 3.8) is 0 Å². The van der Waals surface area contributed by atoms with Crippen molar-refractivity contribution < 1.29 is 8.78 Å². The van der Waals surface area contributed by atoms with Crippen LogP contribution in [0.1, 0.15) is 17.5 Å². The molecular weight excluding hydrogens is 196 g/mol. The lowest BCUT2D eigenvalue weighted by molar-refractivity contribution is -0.0593. The molecule has 0 unspecified atom stereocenters. The van der Waals surface area contributed by atoms with Gasteiger partial charge in [-0.25, -0.2) is 8.78 Å². The summed E-state index contributed by atoms with van der Waals surface area (Å²) in [7, 11) is 0. The Labute approximate surface area is 88.3 Å². The molecule has 0 amide bonds. The molecule has 3 heteroatoms. The van der Waals surface area contributed by atoms with Crippen LogP contribution in [0.3, 0.4) is 0 Å². The van der Waals surface area contributed by atoms with Crippen LogP contribution in [-0.2, 0) is 12.8 Å². The summed E-state index contributed by atoms with van der Waals surface area (Å²) in [5.41, 5.74) is 7.34. The molecular formula is C12H15F2N. The zero-order chi connectivity index (χ0) is 10.9. The standard InChI is InChI=1S/C12H15F2N/c13-12(14,5-6-15)11-7-9-3-1-2-4-10(9)8-11/h1-4,11H,5-8,15H2. The predicted octanol–water partition coefficient (Wildman–Crippen LogP) is 2.39. The summed E-state index contributed by atoms with van der Waals surface area (Å²) >= 11 is 0. The highest BCUT2D eigenvalue weighted by molar-refractivity contribution is 5.32. The van der Waals surface area contributed by atoms with E-state index >= 15 is 0 Å². The Morgan fingerprint density at radius 1 is 1.20 bits per heavy atom. The van der Waals surface area contributed by atoms with E-state index in [1.807, 2.05) is 24.3 Å². The first-order valence-electron chi connectivity index (χ1n) is 5.28. The molecule has 82 valence electrons. The fourth-order valence-electron chi connectivity index (χ4n) is 2.25. The third-order valence-electron chi connectivity index (χ3n) is 3.13. The van der Waals surface area contributed by atoms with Crippen molar-refractivity contribution in [1.29, 1.82) is 0 Å². The van der Waals surface area contributed by atoms with Crippen LogP contribution < -0.4 is 5.73 Å². The first kappa shape index (κ1) is 10.6. The molecule has 0 atom stereocenters. The van der Waals surface area contributed by atoms with Gasteiger partial charge in [0, 0.05) is 12.3 Å². The van der Waals surface area contributed by atoms with Crippen molar-refractivity contribution in [2.24, 2.45) is 11.7 Å². The molecule has 2 N–H and O–H groups in total. The SMILES string of the molecule is NCCC(F)(F)C1Cc2ccccc2C1. The molecule has 0 fully saturated rings. The summed E-state index contributed by atoms with van der Waals surface area (Å²) in [5, 5.41) is 0. The number of halogens is 2. The molecule has 0 heterocycles. The maximum atomic E-state index is 13.6. The van der Waals surface area contributed by atoms with Crippen LogP contribution in [0.5, 0.6) is 0 Å². The Morgan fingerprint density at radius 3 is 2.20 bits per heavy atom. The normalized spacial score (nSPS) is 16.7. The molecule has 0 bridgehead atoms. The number of hydrogen-bond acceptors (Lipinski definition) is 1. The van der Waals surface area contributed by atoms with E-state index in [2.05, 4.69) is 0 Å². The van der Waals surface area contributed by atoms with E-state index in [0.717, 1.165) is 11.1 Å². The van der Waals surface area contributed by atoms with Gasteiger partial charge in [-0.05, 0) is 30.5 Å². The number of hydrogen-bond donors (Lipinski definition) is 1. The van der Waals surface area contributed by atoms with Gasteiger partial charge in [0.2, 0.25) is 0 Å². The highest BCUT2D eigenvalue weighted by Gasteiger charge is 2.41. The van der Waals surface area contributed by atoms with Crippen LogP contribution in [0.2, 0.25) is 0 Å². The van der Waals surface area contributed by atoms with Crippen molar-refractivity contribution in [3.8, 4) is 0 Å². The monoisotopic (exact) mass is 211 g/mol. The van der Waals surface area contributed by atoms with Crippen LogP contribution in [0, 0.1) is 5.92 Å². The van der Waals surface area contributed by atoms with Crippen LogP contribution in [0.4, 0.5) is 8.78 Å². The highest BCUT2D eigenvalue weighted by Crippen LogP contribution is 2.38. The zero-order valence-corrected chi connectivity index (χ0v) is 8.55. The molecule has 0 spiro atoms. The second kappa shape index (κ2) is 3.89. The van der Waals surface area contributed by atoms with Gasteiger partial charge in [-0.2, -0.15) is 0 Å². The van der Waals surface area contributed by atoms with E-state index in [1.54, 1.807) is 0 Å². The van der Waals surface area contributed by atoms with Crippen molar-refractivity contribution in [2.45, 2.75) is 25.2 Å². The first-order chi connectivity index (χ1) is 7.13. The van der Waals surface area contributed by atoms with Crippen molar-refractivity contribution >= 4 is 0 Å². The minimum absolute atomic E-state index is 0.0554. The number of fused-ring (bicyclic) bond motifs is 1. The number of benzene rings is 1. The minimum atomic E-state index is -2.62. The van der Waals surface area contributed by atoms with E-state index in [4.69, 9.17) is 5.73 Å². The van der Waals surface area contributed by atoms with E-state index < -0.39 is 11.8 Å². The van der Waals surface area contributed by atoms with Crippen LogP contribution >= 0.6 is 0 Å². The molecule has 1 aromatic carbocycles. The Kier molecular flexibility index (Phi) is 2.74. The molecule has 15 heavy (non-hydrogen) atoms. The van der Waals surface area contributed by atoms with Gasteiger partial charge in [-0.15, -0.1) is 0 Å². The number of nitrogens with two attached hydrogens (primary N) is 1. The van der Waals surface area contributed by atoms with Gasteiger partial charge >= 0.3 is 0 Å². The smallest absolute Gasteiger partial charge is 0.252 e. The van der Waals surface area contributed by atoms with Gasteiger partial charge in [0.05, 0.1) is 0 Å². The van der Waals surface area contributed by atoms with E-state index in [1.165, 1.54) is 0 Å². The highest BCUT2D eigenvalue weighted by atomic mass is 19.3. The molecule has 0 aliphatic heterocycles. The van der Waals surface area contributed by atoms with Crippen LogP contribution in [0.25, 0.3) is 0 Å². The molecule has 0 saturated carbocycles. The van der Waals surface area contributed by atoms with Gasteiger partial charge in [-0.1, -0.05) is 24.3 Å². The van der Waals surface area contributed by atoms with E-state index in [9.17, 15) is 8.78 Å². The van der Waals surface area contributed by atoms with Gasteiger partial charge in [0.25, 0.3) is 5.92 Å². The lowest BCUT2D eigenvalue weighted by atomic mass is 9.95. The third-order valence-corrected chi connectivity index (χ3v) is 3.13. The second-order valence-corrected chi connectivity index (χ2v) is 4.17. The topological polar surface area (TPSA) is 26.0 Å². The van der Waals surface area contributed by atoms with Crippen molar-refractivity contribution in [2.75, 3.05) is 6.54 Å². The molecule has 1 aliphatic carbocycles. The fourth-order valence-corrected chi connectivity index (χ4v) is 2.25. The Hall–Kier alpha value is -0.960. The summed E-state index contributed by atoms with van der Waals surface area (Å²) in [6.45, 7) is 0.0554. The predicted molar refractivity (Wildman–Crippen MR) is 56.0 cm³/mol. The third kappa shape index (κ3) is 2.02. The maximum absolute atomic E-state index is 13.6. The van der Waals surface area contributed by atoms with Crippen molar-refractivity contribution in [1.82, 2.24) is 0 Å². The average molecular weight is 211 g/mol. The Bertz CT molecular complexity index is 324. The molecule has 1 aliphatic rings. The number of alkyl halides is 2. The average Bonchev–Trinajstić information content (AvgIpc) is 2.61. The number of rotatable bonds is 3. The Balaban J connectivity index is 2.13. The summed E-state index contributed by atoms with van der Waals surface area (Å²) in [5.74, 6) is -3.17. The van der Waals surface area contributed by atoms with E-state index in [-0.39, 0.29) is 13.0 Å². The zero-order valence-electron chi connectivity index (χ0n) is 8.55. The quantitative estimate of drug-likeness (QED) is 0.816. The largest absolute Gasteiger partial charge is 0.330 e. The van der Waals surface area contributed by atoms with Gasteiger partial charge in [-0.3, -0.25) is 0 Å². The van der Waals surface area contributed by atoms with Gasteiger partial charge in [0.15, 0.2) is 0 Å². The fraction of sp³-hybridized carbons (Fsp3) is 0.500. The summed E-state index contributed by atoms with van der Waals surface area (Å²) < 4.78 is 27.2. The summed E-state index contributed by atoms with van der Waals surface area (Å²) in [4.78, 5) is 0. The van der Waals surface area contributed by atoms with Crippen LogP contribution in [0.15, 0.2) is 24.3 Å². The summed E-state index contributed by atoms with van der Waals surface area (Å²) in [6.07, 6.45) is 0.776. The minimum Gasteiger partial charge on any atom is -0.330 e. The molecule has 1 aromatic rings. The molecule has 1 nitrogen and oxygen atoms in total. The summed E-state index contributed by atoms with van der Waals surface area (Å²) in [6, 6.07) is 7.69. The maximum Gasteiger partial charge on any atom is 0.252 e. The lowest BCUT2D eigenvalue weighted by Crippen LogP contribution is -2.31. The Morgan fingerprint density at radius 2 is 1.73 bits per heavy atom. The van der Waals surface area contributed by atoms with Gasteiger partial charge < -0.3 is 5.73 Å². The van der Waals surface area contributed by atoms with E-state index in [0.29, 0.717) is 12.8 Å². The van der Waals surface area contributed by atoms with Gasteiger partial charge in [0.1, 0.15) is 0 Å². The molecule has 2 rings (SSSR count). The van der Waals surface area contributed by atoms with Crippen molar-refractivity contribution in [3.05, 3.63) is 35.4 Å². The molecule has 0 aromatic heterocycles.